The molecular formula is C20H17N3O5. The third-order valence-electron chi connectivity index (χ3n) is 3.60. The first-order valence-corrected chi connectivity index (χ1v) is 8.35. The fourth-order valence-electron chi connectivity index (χ4n) is 2.28. The summed E-state index contributed by atoms with van der Waals surface area (Å²) in [4.78, 5) is 35.2. The van der Waals surface area contributed by atoms with Gasteiger partial charge in [-0.25, -0.2) is 9.48 Å². The van der Waals surface area contributed by atoms with Crippen LogP contribution in [0.1, 0.15) is 10.5 Å². The molecule has 2 aromatic carbocycles. The Morgan fingerprint density at radius 2 is 1.75 bits per heavy atom. The predicted molar refractivity (Wildman–Crippen MR) is 101 cm³/mol. The summed E-state index contributed by atoms with van der Waals surface area (Å²) in [5, 5.41) is 6.39. The van der Waals surface area contributed by atoms with E-state index >= 15 is 0 Å². The average Bonchev–Trinajstić information content (AvgIpc) is 2.69. The van der Waals surface area contributed by atoms with Crippen LogP contribution in [0.15, 0.2) is 71.5 Å². The number of ether oxygens (including phenoxy) is 2. The van der Waals surface area contributed by atoms with Crippen LogP contribution in [-0.2, 0) is 16.6 Å². The molecule has 1 amide bonds. The van der Waals surface area contributed by atoms with Gasteiger partial charge in [0.15, 0.2) is 12.3 Å². The molecule has 0 unspecified atom stereocenters. The summed E-state index contributed by atoms with van der Waals surface area (Å²) in [5.74, 6) is -0.0954. The highest BCUT2D eigenvalue weighted by Crippen LogP contribution is 2.23. The van der Waals surface area contributed by atoms with E-state index in [9.17, 15) is 14.4 Å². The van der Waals surface area contributed by atoms with Crippen LogP contribution in [0.25, 0.3) is 0 Å². The molecular weight excluding hydrogens is 362 g/mol. The number of amides is 1. The van der Waals surface area contributed by atoms with Crippen LogP contribution < -0.4 is 15.6 Å². The van der Waals surface area contributed by atoms with Gasteiger partial charge in [0.25, 0.3) is 11.5 Å². The standard InChI is InChI=1S/C20H17N3O5/c1-23-19(25)11-10-17(22-23)20(26)27-13-18(24)21-14-6-5-9-16(12-14)28-15-7-3-2-4-8-15/h2-12H,13H2,1H3,(H,21,24). The summed E-state index contributed by atoms with van der Waals surface area (Å²) < 4.78 is 11.6. The Kier molecular flexibility index (Phi) is 5.81. The fourth-order valence-corrected chi connectivity index (χ4v) is 2.28. The van der Waals surface area contributed by atoms with Crippen molar-refractivity contribution < 1.29 is 19.1 Å². The Morgan fingerprint density at radius 3 is 2.50 bits per heavy atom. The summed E-state index contributed by atoms with van der Waals surface area (Å²) in [6.45, 7) is -0.493. The van der Waals surface area contributed by atoms with Crippen LogP contribution in [0.3, 0.4) is 0 Å². The minimum Gasteiger partial charge on any atom is -0.457 e. The molecule has 3 aromatic rings. The second kappa shape index (κ2) is 8.63. The average molecular weight is 379 g/mol. The van der Waals surface area contributed by atoms with Gasteiger partial charge in [0, 0.05) is 24.9 Å². The Labute approximate surface area is 160 Å². The number of carbonyl (C=O) groups is 2. The van der Waals surface area contributed by atoms with Gasteiger partial charge in [0.2, 0.25) is 0 Å². The molecule has 0 saturated carbocycles. The van der Waals surface area contributed by atoms with Crippen molar-refractivity contribution in [2.75, 3.05) is 11.9 Å². The highest BCUT2D eigenvalue weighted by molar-refractivity contribution is 5.94. The van der Waals surface area contributed by atoms with Gasteiger partial charge in [-0.1, -0.05) is 24.3 Å². The monoisotopic (exact) mass is 379 g/mol. The van der Waals surface area contributed by atoms with E-state index in [4.69, 9.17) is 9.47 Å². The first-order chi connectivity index (χ1) is 13.5. The number of hydrogen-bond acceptors (Lipinski definition) is 6. The number of anilines is 1. The van der Waals surface area contributed by atoms with Gasteiger partial charge in [-0.2, -0.15) is 5.10 Å². The zero-order valence-corrected chi connectivity index (χ0v) is 15.0. The van der Waals surface area contributed by atoms with Gasteiger partial charge in [0.05, 0.1) is 0 Å². The second-order valence-electron chi connectivity index (χ2n) is 5.75. The normalized spacial score (nSPS) is 10.2. The van der Waals surface area contributed by atoms with Crippen LogP contribution >= 0.6 is 0 Å². The molecule has 1 heterocycles. The first kappa shape index (κ1) is 18.8. The van der Waals surface area contributed by atoms with Gasteiger partial charge in [-0.05, 0) is 30.3 Å². The van der Waals surface area contributed by atoms with Gasteiger partial charge in [-0.3, -0.25) is 9.59 Å². The molecule has 0 radical (unpaired) electrons. The Balaban J connectivity index is 1.56. The van der Waals surface area contributed by atoms with E-state index in [0.717, 1.165) is 4.68 Å². The maximum absolute atomic E-state index is 12.0. The summed E-state index contributed by atoms with van der Waals surface area (Å²) in [7, 11) is 1.41. The van der Waals surface area contributed by atoms with Crippen molar-refractivity contribution in [2.45, 2.75) is 0 Å². The van der Waals surface area contributed by atoms with E-state index in [1.807, 2.05) is 30.3 Å². The molecule has 0 fully saturated rings. The van der Waals surface area contributed by atoms with Crippen molar-refractivity contribution in [2.24, 2.45) is 7.05 Å². The minimum absolute atomic E-state index is 0.0619. The number of nitrogens with one attached hydrogen (secondary N) is 1. The van der Waals surface area contributed by atoms with Crippen molar-refractivity contribution in [1.29, 1.82) is 0 Å². The van der Waals surface area contributed by atoms with E-state index in [1.165, 1.54) is 19.2 Å². The molecule has 0 aliphatic carbocycles. The van der Waals surface area contributed by atoms with E-state index in [0.29, 0.717) is 17.2 Å². The molecule has 1 aromatic heterocycles. The van der Waals surface area contributed by atoms with Gasteiger partial charge < -0.3 is 14.8 Å². The molecule has 0 spiro atoms. The Hall–Kier alpha value is -3.94. The van der Waals surface area contributed by atoms with Crippen molar-refractivity contribution in [1.82, 2.24) is 9.78 Å². The maximum Gasteiger partial charge on any atom is 0.359 e. The second-order valence-corrected chi connectivity index (χ2v) is 5.75. The molecule has 0 bridgehead atoms. The summed E-state index contributed by atoms with van der Waals surface area (Å²) >= 11 is 0. The largest absolute Gasteiger partial charge is 0.457 e. The lowest BCUT2D eigenvalue weighted by Gasteiger charge is -2.09. The smallest absolute Gasteiger partial charge is 0.359 e. The number of aryl methyl sites for hydroxylation is 1. The molecule has 0 saturated heterocycles. The van der Waals surface area contributed by atoms with Crippen LogP contribution in [-0.4, -0.2) is 28.3 Å². The number of nitrogens with zero attached hydrogens (tertiary/aromatic N) is 2. The molecule has 8 nitrogen and oxygen atoms in total. The van der Waals surface area contributed by atoms with Crippen molar-refractivity contribution in [3.63, 3.8) is 0 Å². The number of aromatic nitrogens is 2. The molecule has 0 aliphatic rings. The fraction of sp³-hybridized carbons (Fsp3) is 0.100. The minimum atomic E-state index is -0.799. The van der Waals surface area contributed by atoms with Crippen molar-refractivity contribution >= 4 is 17.6 Å². The van der Waals surface area contributed by atoms with E-state index in [1.54, 1.807) is 24.3 Å². The van der Waals surface area contributed by atoms with Gasteiger partial charge in [0.1, 0.15) is 11.5 Å². The number of para-hydroxylation sites is 1. The summed E-state index contributed by atoms with van der Waals surface area (Å²) in [6, 6.07) is 18.5. The first-order valence-electron chi connectivity index (χ1n) is 8.35. The van der Waals surface area contributed by atoms with Crippen LogP contribution in [0.5, 0.6) is 11.5 Å². The lowest BCUT2D eigenvalue weighted by atomic mass is 10.3. The van der Waals surface area contributed by atoms with Crippen LogP contribution in [0.2, 0.25) is 0 Å². The topological polar surface area (TPSA) is 99.5 Å². The zero-order chi connectivity index (χ0) is 19.9. The molecule has 3 rings (SSSR count). The van der Waals surface area contributed by atoms with Crippen molar-refractivity contribution in [3.8, 4) is 11.5 Å². The number of esters is 1. The molecule has 142 valence electrons. The Morgan fingerprint density at radius 1 is 1.00 bits per heavy atom. The molecule has 1 N–H and O–H groups in total. The van der Waals surface area contributed by atoms with Gasteiger partial charge >= 0.3 is 5.97 Å². The third-order valence-corrected chi connectivity index (χ3v) is 3.60. The lowest BCUT2D eigenvalue weighted by Crippen LogP contribution is -2.24. The predicted octanol–water partition coefficient (Wildman–Crippen LogP) is 2.37. The van der Waals surface area contributed by atoms with E-state index < -0.39 is 18.5 Å². The lowest BCUT2D eigenvalue weighted by molar-refractivity contribution is -0.119. The quantitative estimate of drug-likeness (QED) is 0.660. The molecule has 8 heteroatoms. The number of hydrogen-bond donors (Lipinski definition) is 1. The van der Waals surface area contributed by atoms with E-state index in [2.05, 4.69) is 10.4 Å². The number of rotatable bonds is 6. The zero-order valence-electron chi connectivity index (χ0n) is 15.0. The van der Waals surface area contributed by atoms with E-state index in [-0.39, 0.29) is 11.3 Å². The highest BCUT2D eigenvalue weighted by atomic mass is 16.5. The van der Waals surface area contributed by atoms with Crippen molar-refractivity contribution in [3.05, 3.63) is 82.8 Å². The molecule has 0 atom stereocenters. The maximum atomic E-state index is 12.0. The molecule has 28 heavy (non-hydrogen) atoms. The molecule has 0 aliphatic heterocycles. The van der Waals surface area contributed by atoms with Gasteiger partial charge in [-0.15, -0.1) is 0 Å². The number of carbonyl (C=O) groups excluding carboxylic acids is 2. The van der Waals surface area contributed by atoms with Crippen LogP contribution in [0, 0.1) is 0 Å². The van der Waals surface area contributed by atoms with Crippen LogP contribution in [0.4, 0.5) is 5.69 Å². The third kappa shape index (κ3) is 5.04. The summed E-state index contributed by atoms with van der Waals surface area (Å²) in [6.07, 6.45) is 0. The number of benzene rings is 2. The summed E-state index contributed by atoms with van der Waals surface area (Å²) in [5.41, 5.74) is 0.0785. The SMILES string of the molecule is Cn1nc(C(=O)OCC(=O)Nc2cccc(Oc3ccccc3)c2)ccc1=O. The Bertz CT molecular complexity index is 1050. The highest BCUT2D eigenvalue weighted by Gasteiger charge is 2.13.